The SMILES string of the molecule is CCC(C)N1CCN(c2nnc(C)c(C)c2C(=O)O)CC1. The Hall–Kier alpha value is -1.69. The van der Waals surface area contributed by atoms with Gasteiger partial charge in [0, 0.05) is 32.2 Å². The molecule has 0 radical (unpaired) electrons. The highest BCUT2D eigenvalue weighted by Crippen LogP contribution is 2.23. The van der Waals surface area contributed by atoms with Gasteiger partial charge in [0.25, 0.3) is 0 Å². The number of hydrogen-bond acceptors (Lipinski definition) is 5. The van der Waals surface area contributed by atoms with Crippen LogP contribution in [-0.2, 0) is 0 Å². The summed E-state index contributed by atoms with van der Waals surface area (Å²) in [6.45, 7) is 11.5. The van der Waals surface area contributed by atoms with E-state index in [1.807, 2.05) is 4.90 Å². The Balaban J connectivity index is 2.21. The third-order valence-electron chi connectivity index (χ3n) is 4.48. The smallest absolute Gasteiger partial charge is 0.339 e. The number of nitrogens with zero attached hydrogens (tertiary/aromatic N) is 4. The standard InChI is InChI=1S/C15H24N4O2/c1-5-10(2)18-6-8-19(9-7-18)14-13(15(20)21)11(3)12(4)16-17-14/h10H,5-9H2,1-4H3,(H,20,21). The van der Waals surface area contributed by atoms with E-state index in [1.54, 1.807) is 13.8 Å². The van der Waals surface area contributed by atoms with E-state index in [0.29, 0.717) is 28.7 Å². The quantitative estimate of drug-likeness (QED) is 0.911. The summed E-state index contributed by atoms with van der Waals surface area (Å²) in [5.41, 5.74) is 1.67. The van der Waals surface area contributed by atoms with E-state index in [1.165, 1.54) is 0 Å². The number of aromatic nitrogens is 2. The van der Waals surface area contributed by atoms with Crippen molar-refractivity contribution in [3.05, 3.63) is 16.8 Å². The molecule has 6 heteroatoms. The highest BCUT2D eigenvalue weighted by Gasteiger charge is 2.26. The Morgan fingerprint density at radius 2 is 1.86 bits per heavy atom. The molecular formula is C15H24N4O2. The van der Waals surface area contributed by atoms with E-state index in [2.05, 4.69) is 28.9 Å². The average Bonchev–Trinajstić information content (AvgIpc) is 2.48. The van der Waals surface area contributed by atoms with Crippen LogP contribution in [0.4, 0.5) is 5.82 Å². The molecule has 1 aromatic heterocycles. The number of carboxylic acid groups (broad SMARTS) is 1. The zero-order chi connectivity index (χ0) is 15.6. The summed E-state index contributed by atoms with van der Waals surface area (Å²) in [7, 11) is 0. The first-order valence-electron chi connectivity index (χ1n) is 7.51. The van der Waals surface area contributed by atoms with Crippen LogP contribution in [0.3, 0.4) is 0 Å². The molecule has 1 aliphatic heterocycles. The van der Waals surface area contributed by atoms with Crippen LogP contribution >= 0.6 is 0 Å². The van der Waals surface area contributed by atoms with Gasteiger partial charge in [0.05, 0.1) is 5.69 Å². The van der Waals surface area contributed by atoms with Crippen molar-refractivity contribution in [2.75, 3.05) is 31.1 Å². The van der Waals surface area contributed by atoms with E-state index < -0.39 is 5.97 Å². The summed E-state index contributed by atoms with van der Waals surface area (Å²) in [5.74, 6) is -0.417. The molecular weight excluding hydrogens is 268 g/mol. The average molecular weight is 292 g/mol. The minimum Gasteiger partial charge on any atom is -0.478 e. The minimum absolute atomic E-state index is 0.291. The van der Waals surface area contributed by atoms with Crippen LogP contribution in [0.5, 0.6) is 0 Å². The Morgan fingerprint density at radius 3 is 2.38 bits per heavy atom. The molecule has 0 spiro atoms. The topological polar surface area (TPSA) is 69.6 Å². The lowest BCUT2D eigenvalue weighted by Crippen LogP contribution is -2.50. The number of piperazine rings is 1. The molecule has 2 rings (SSSR count). The maximum Gasteiger partial charge on any atom is 0.339 e. The first kappa shape index (κ1) is 15.7. The van der Waals surface area contributed by atoms with Crippen LogP contribution < -0.4 is 4.90 Å². The largest absolute Gasteiger partial charge is 0.478 e. The minimum atomic E-state index is -0.926. The van der Waals surface area contributed by atoms with Gasteiger partial charge in [-0.05, 0) is 32.8 Å². The van der Waals surface area contributed by atoms with Gasteiger partial charge in [-0.15, -0.1) is 5.10 Å². The summed E-state index contributed by atoms with van der Waals surface area (Å²) in [5, 5.41) is 17.7. The van der Waals surface area contributed by atoms with Crippen molar-refractivity contribution in [2.45, 2.75) is 40.2 Å². The van der Waals surface area contributed by atoms with Gasteiger partial charge >= 0.3 is 5.97 Å². The second-order valence-electron chi connectivity index (χ2n) is 5.69. The Labute approximate surface area is 125 Å². The van der Waals surface area contributed by atoms with Crippen LogP contribution in [0.1, 0.15) is 41.9 Å². The fourth-order valence-electron chi connectivity index (χ4n) is 2.71. The summed E-state index contributed by atoms with van der Waals surface area (Å²) in [4.78, 5) is 16.0. The van der Waals surface area contributed by atoms with Crippen molar-refractivity contribution in [2.24, 2.45) is 0 Å². The molecule has 1 fully saturated rings. The molecule has 1 atom stereocenters. The van der Waals surface area contributed by atoms with Crippen LogP contribution in [-0.4, -0.2) is 58.4 Å². The van der Waals surface area contributed by atoms with Crippen molar-refractivity contribution < 1.29 is 9.90 Å². The monoisotopic (exact) mass is 292 g/mol. The highest BCUT2D eigenvalue weighted by molar-refractivity contribution is 5.95. The number of hydrogen-bond donors (Lipinski definition) is 1. The summed E-state index contributed by atoms with van der Waals surface area (Å²) >= 11 is 0. The molecule has 2 heterocycles. The molecule has 0 aromatic carbocycles. The molecule has 116 valence electrons. The fraction of sp³-hybridized carbons (Fsp3) is 0.667. The third-order valence-corrected chi connectivity index (χ3v) is 4.48. The number of rotatable bonds is 4. The third kappa shape index (κ3) is 3.15. The van der Waals surface area contributed by atoms with Crippen molar-refractivity contribution >= 4 is 11.8 Å². The van der Waals surface area contributed by atoms with Gasteiger partial charge in [0.1, 0.15) is 5.56 Å². The highest BCUT2D eigenvalue weighted by atomic mass is 16.4. The number of anilines is 1. The molecule has 0 bridgehead atoms. The van der Waals surface area contributed by atoms with Gasteiger partial charge < -0.3 is 10.0 Å². The molecule has 0 saturated carbocycles. The van der Waals surface area contributed by atoms with Gasteiger partial charge in [-0.25, -0.2) is 4.79 Å². The molecule has 0 amide bonds. The summed E-state index contributed by atoms with van der Waals surface area (Å²) in [6, 6.07) is 0.567. The second kappa shape index (κ2) is 6.39. The van der Waals surface area contributed by atoms with Gasteiger partial charge in [-0.1, -0.05) is 6.92 Å². The van der Waals surface area contributed by atoms with Crippen LogP contribution in [0, 0.1) is 13.8 Å². The molecule has 1 aromatic rings. The predicted molar refractivity (Wildman–Crippen MR) is 82.0 cm³/mol. The van der Waals surface area contributed by atoms with Crippen molar-refractivity contribution in [1.82, 2.24) is 15.1 Å². The lowest BCUT2D eigenvalue weighted by Gasteiger charge is -2.38. The van der Waals surface area contributed by atoms with Crippen molar-refractivity contribution in [3.8, 4) is 0 Å². The maximum atomic E-state index is 11.6. The first-order valence-corrected chi connectivity index (χ1v) is 7.51. The lowest BCUT2D eigenvalue weighted by atomic mass is 10.1. The number of carboxylic acids is 1. The molecule has 1 saturated heterocycles. The Kier molecular flexibility index (Phi) is 4.77. The van der Waals surface area contributed by atoms with Crippen LogP contribution in [0.2, 0.25) is 0 Å². The number of aromatic carboxylic acids is 1. The molecule has 6 nitrogen and oxygen atoms in total. The Bertz CT molecular complexity index is 525. The zero-order valence-electron chi connectivity index (χ0n) is 13.3. The van der Waals surface area contributed by atoms with Crippen LogP contribution in [0.25, 0.3) is 0 Å². The molecule has 0 aliphatic carbocycles. The number of carbonyl (C=O) groups is 1. The summed E-state index contributed by atoms with van der Waals surface area (Å²) < 4.78 is 0. The Morgan fingerprint density at radius 1 is 1.24 bits per heavy atom. The van der Waals surface area contributed by atoms with E-state index in [0.717, 1.165) is 32.6 Å². The van der Waals surface area contributed by atoms with Gasteiger partial charge in [0.15, 0.2) is 5.82 Å². The first-order chi connectivity index (χ1) is 9.95. The lowest BCUT2D eigenvalue weighted by molar-refractivity contribution is 0.0695. The van der Waals surface area contributed by atoms with E-state index >= 15 is 0 Å². The van der Waals surface area contributed by atoms with E-state index in [4.69, 9.17) is 0 Å². The molecule has 1 N–H and O–H groups in total. The van der Waals surface area contributed by atoms with Crippen LogP contribution in [0.15, 0.2) is 0 Å². The normalized spacial score (nSPS) is 17.8. The van der Waals surface area contributed by atoms with Crippen molar-refractivity contribution in [3.63, 3.8) is 0 Å². The van der Waals surface area contributed by atoms with Gasteiger partial charge in [0.2, 0.25) is 0 Å². The molecule has 1 aliphatic rings. The van der Waals surface area contributed by atoms with Crippen molar-refractivity contribution in [1.29, 1.82) is 0 Å². The van der Waals surface area contributed by atoms with Gasteiger partial charge in [-0.3, -0.25) is 4.90 Å². The van der Waals surface area contributed by atoms with E-state index in [9.17, 15) is 9.90 Å². The zero-order valence-corrected chi connectivity index (χ0v) is 13.3. The summed E-state index contributed by atoms with van der Waals surface area (Å²) in [6.07, 6.45) is 1.13. The molecule has 21 heavy (non-hydrogen) atoms. The predicted octanol–water partition coefficient (Wildman–Crippen LogP) is 1.71. The maximum absolute atomic E-state index is 11.6. The second-order valence-corrected chi connectivity index (χ2v) is 5.69. The molecule has 1 unspecified atom stereocenters. The fourth-order valence-corrected chi connectivity index (χ4v) is 2.71. The van der Waals surface area contributed by atoms with E-state index in [-0.39, 0.29) is 0 Å². The van der Waals surface area contributed by atoms with Gasteiger partial charge in [-0.2, -0.15) is 5.10 Å². The number of aryl methyl sites for hydroxylation is 1.